The second kappa shape index (κ2) is 9.40. The lowest BCUT2D eigenvalue weighted by molar-refractivity contribution is -0.121. The third kappa shape index (κ3) is 4.71. The van der Waals surface area contributed by atoms with Gasteiger partial charge in [0.2, 0.25) is 5.91 Å². The maximum absolute atomic E-state index is 12.6. The molecule has 0 radical (unpaired) electrons. The molecule has 0 saturated carbocycles. The van der Waals surface area contributed by atoms with Crippen molar-refractivity contribution in [3.63, 3.8) is 0 Å². The Hall–Kier alpha value is -2.71. The molecule has 0 spiro atoms. The average Bonchev–Trinajstić information content (AvgIpc) is 3.03. The number of benzene rings is 2. The summed E-state index contributed by atoms with van der Waals surface area (Å²) in [4.78, 5) is 16.7. The monoisotopic (exact) mass is 428 g/mol. The number of hydrogen-bond acceptors (Lipinski definition) is 5. The molecule has 8 heteroatoms. The van der Waals surface area contributed by atoms with E-state index in [-0.39, 0.29) is 23.4 Å². The van der Waals surface area contributed by atoms with Crippen molar-refractivity contribution in [3.8, 4) is 0 Å². The van der Waals surface area contributed by atoms with Crippen LogP contribution in [0.25, 0.3) is 0 Å². The van der Waals surface area contributed by atoms with Gasteiger partial charge in [0.1, 0.15) is 4.90 Å². The highest BCUT2D eigenvalue weighted by molar-refractivity contribution is 7.90. The van der Waals surface area contributed by atoms with Gasteiger partial charge in [0.25, 0.3) is 10.0 Å². The zero-order valence-electron chi connectivity index (χ0n) is 17.6. The smallest absolute Gasteiger partial charge is 0.285 e. The Bertz CT molecular complexity index is 1020. The highest BCUT2D eigenvalue weighted by atomic mass is 32.2. The van der Waals surface area contributed by atoms with Crippen molar-refractivity contribution >= 4 is 21.8 Å². The summed E-state index contributed by atoms with van der Waals surface area (Å²) in [6.45, 7) is 6.44. The molecule has 0 aliphatic carbocycles. The number of rotatable bonds is 8. The Labute approximate surface area is 178 Å². The van der Waals surface area contributed by atoms with Crippen molar-refractivity contribution in [2.45, 2.75) is 24.8 Å². The van der Waals surface area contributed by atoms with Gasteiger partial charge in [-0.05, 0) is 30.8 Å². The minimum Gasteiger partial charge on any atom is -0.353 e. The lowest BCUT2D eigenvalue weighted by atomic mass is 10.1. The largest absolute Gasteiger partial charge is 0.353 e. The van der Waals surface area contributed by atoms with E-state index >= 15 is 0 Å². The van der Waals surface area contributed by atoms with E-state index in [1.807, 2.05) is 18.2 Å². The molecule has 2 aromatic rings. The summed E-state index contributed by atoms with van der Waals surface area (Å²) in [5.74, 6) is 0.110. The highest BCUT2D eigenvalue weighted by Crippen LogP contribution is 2.26. The van der Waals surface area contributed by atoms with Crippen LogP contribution in [0.15, 0.2) is 63.9 Å². The van der Waals surface area contributed by atoms with E-state index in [2.05, 4.69) is 40.6 Å². The molecule has 2 aromatic carbocycles. The third-order valence-corrected chi connectivity index (χ3v) is 6.61. The minimum absolute atomic E-state index is 0.0163. The second-order valence-corrected chi connectivity index (χ2v) is 8.77. The fourth-order valence-corrected chi connectivity index (χ4v) is 4.97. The van der Waals surface area contributed by atoms with Gasteiger partial charge in [-0.3, -0.25) is 9.69 Å². The highest BCUT2D eigenvalue weighted by Gasteiger charge is 2.31. The first-order valence-electron chi connectivity index (χ1n) is 10.1. The number of amidine groups is 1. The molecule has 3 rings (SSSR count). The Kier molecular flexibility index (Phi) is 6.89. The summed E-state index contributed by atoms with van der Waals surface area (Å²) >= 11 is 0. The van der Waals surface area contributed by atoms with E-state index in [0.717, 1.165) is 18.7 Å². The summed E-state index contributed by atoms with van der Waals surface area (Å²) in [5.41, 5.74) is 1.67. The Balaban J connectivity index is 1.68. The Morgan fingerprint density at radius 2 is 1.67 bits per heavy atom. The molecule has 0 saturated heterocycles. The average molecular weight is 429 g/mol. The van der Waals surface area contributed by atoms with Gasteiger partial charge < -0.3 is 10.2 Å². The molecule has 1 aliphatic rings. The van der Waals surface area contributed by atoms with Crippen LogP contribution in [-0.2, 0) is 14.8 Å². The number of carbonyl (C=O) groups is 1. The van der Waals surface area contributed by atoms with Crippen molar-refractivity contribution < 1.29 is 13.2 Å². The Morgan fingerprint density at radius 1 is 1.03 bits per heavy atom. The van der Waals surface area contributed by atoms with Gasteiger partial charge in [-0.15, -0.1) is 4.40 Å². The van der Waals surface area contributed by atoms with E-state index in [9.17, 15) is 13.2 Å². The van der Waals surface area contributed by atoms with Crippen LogP contribution >= 0.6 is 0 Å². The topological polar surface area (TPSA) is 82.1 Å². The SMILES string of the molecule is CCN(CC)C(CNC(=O)CN(C)C1=NS(=O)(=O)c2ccccc21)c1ccccc1. The molecule has 0 bridgehead atoms. The van der Waals surface area contributed by atoms with E-state index in [1.165, 1.54) is 6.07 Å². The fourth-order valence-electron chi connectivity index (χ4n) is 3.72. The molecular weight excluding hydrogens is 400 g/mol. The third-order valence-electron chi connectivity index (χ3n) is 5.28. The lowest BCUT2D eigenvalue weighted by Gasteiger charge is -2.30. The van der Waals surface area contributed by atoms with Gasteiger partial charge >= 0.3 is 0 Å². The first-order valence-corrected chi connectivity index (χ1v) is 11.5. The molecule has 1 heterocycles. The number of nitrogens with one attached hydrogen (secondary N) is 1. The number of amides is 1. The van der Waals surface area contributed by atoms with Crippen LogP contribution in [0, 0.1) is 0 Å². The van der Waals surface area contributed by atoms with Crippen molar-refractivity contribution in [3.05, 3.63) is 65.7 Å². The van der Waals surface area contributed by atoms with Gasteiger partial charge in [0, 0.05) is 19.2 Å². The molecule has 1 N–H and O–H groups in total. The van der Waals surface area contributed by atoms with E-state index in [1.54, 1.807) is 30.1 Å². The summed E-state index contributed by atoms with van der Waals surface area (Å²) < 4.78 is 28.4. The van der Waals surface area contributed by atoms with Crippen LogP contribution in [0.3, 0.4) is 0 Å². The normalized spacial score (nSPS) is 15.4. The molecule has 160 valence electrons. The number of sulfonamides is 1. The predicted octanol–water partition coefficient (Wildman–Crippen LogP) is 2.27. The quantitative estimate of drug-likeness (QED) is 0.698. The van der Waals surface area contributed by atoms with Crippen molar-refractivity contribution in [1.29, 1.82) is 0 Å². The number of carbonyl (C=O) groups excluding carboxylic acids is 1. The van der Waals surface area contributed by atoms with Crippen molar-refractivity contribution in [2.24, 2.45) is 4.40 Å². The maximum atomic E-state index is 12.6. The maximum Gasteiger partial charge on any atom is 0.285 e. The number of nitrogens with zero attached hydrogens (tertiary/aromatic N) is 3. The lowest BCUT2D eigenvalue weighted by Crippen LogP contribution is -2.42. The van der Waals surface area contributed by atoms with Crippen LogP contribution < -0.4 is 5.32 Å². The predicted molar refractivity (Wildman–Crippen MR) is 118 cm³/mol. The number of hydrogen-bond donors (Lipinski definition) is 1. The van der Waals surface area contributed by atoms with E-state index < -0.39 is 10.0 Å². The number of likely N-dealkylation sites (N-methyl/N-ethyl adjacent to an activating group) is 2. The summed E-state index contributed by atoms with van der Waals surface area (Å²) in [5, 5.41) is 3.00. The Morgan fingerprint density at radius 3 is 2.33 bits per heavy atom. The zero-order valence-corrected chi connectivity index (χ0v) is 18.4. The van der Waals surface area contributed by atoms with Crippen LogP contribution in [0.2, 0.25) is 0 Å². The molecular formula is C22H28N4O3S. The summed E-state index contributed by atoms with van der Waals surface area (Å²) in [7, 11) is -2.03. The molecule has 7 nitrogen and oxygen atoms in total. The van der Waals surface area contributed by atoms with Gasteiger partial charge in [-0.2, -0.15) is 8.42 Å². The van der Waals surface area contributed by atoms with E-state index in [0.29, 0.717) is 17.9 Å². The molecule has 1 aliphatic heterocycles. The van der Waals surface area contributed by atoms with Gasteiger partial charge in [0.15, 0.2) is 5.84 Å². The minimum atomic E-state index is -3.71. The zero-order chi connectivity index (χ0) is 21.7. The van der Waals surface area contributed by atoms with Crippen LogP contribution in [-0.4, -0.2) is 63.2 Å². The van der Waals surface area contributed by atoms with Crippen LogP contribution in [0.4, 0.5) is 0 Å². The molecule has 1 atom stereocenters. The van der Waals surface area contributed by atoms with Crippen molar-refractivity contribution in [1.82, 2.24) is 15.1 Å². The standard InChI is InChI=1S/C22H28N4O3S/c1-4-26(5-2)19(17-11-7-6-8-12-17)15-23-21(27)16-25(3)22-18-13-9-10-14-20(18)30(28,29)24-22/h6-14,19H,4-5,15-16H2,1-3H3,(H,23,27). The van der Waals surface area contributed by atoms with Gasteiger partial charge in [-0.25, -0.2) is 0 Å². The van der Waals surface area contributed by atoms with Crippen LogP contribution in [0.5, 0.6) is 0 Å². The first kappa shape index (κ1) is 22.0. The number of fused-ring (bicyclic) bond motifs is 1. The van der Waals surface area contributed by atoms with Crippen molar-refractivity contribution in [2.75, 3.05) is 33.2 Å². The summed E-state index contributed by atoms with van der Waals surface area (Å²) in [6, 6.07) is 16.8. The summed E-state index contributed by atoms with van der Waals surface area (Å²) in [6.07, 6.45) is 0. The van der Waals surface area contributed by atoms with Crippen LogP contribution in [0.1, 0.15) is 31.0 Å². The molecule has 30 heavy (non-hydrogen) atoms. The molecule has 1 amide bonds. The first-order chi connectivity index (χ1) is 14.4. The second-order valence-electron chi connectivity index (χ2n) is 7.19. The van der Waals surface area contributed by atoms with Gasteiger partial charge in [-0.1, -0.05) is 56.3 Å². The fraction of sp³-hybridized carbons (Fsp3) is 0.364. The van der Waals surface area contributed by atoms with E-state index in [4.69, 9.17) is 0 Å². The molecule has 1 unspecified atom stereocenters. The van der Waals surface area contributed by atoms with Gasteiger partial charge in [0.05, 0.1) is 12.6 Å². The molecule has 0 aromatic heterocycles. The molecule has 0 fully saturated rings.